The fourth-order valence-corrected chi connectivity index (χ4v) is 1.06. The van der Waals surface area contributed by atoms with Gasteiger partial charge in [0.15, 0.2) is 0 Å². The number of nitrogens with one attached hydrogen (secondary N) is 2. The summed E-state index contributed by atoms with van der Waals surface area (Å²) in [6.45, 7) is 7.20. The van der Waals surface area contributed by atoms with Crippen molar-refractivity contribution < 1.29 is 14.3 Å². The standard InChI is InChI=1S/C11H22N2O3/c1-7(2)8(9(14)16-6)13-10(15)11(3,4)12-5/h7-8,12H,1-6H3,(H,13,15)/t8-/m0/s1. The molecule has 0 unspecified atom stereocenters. The number of hydrogen-bond donors (Lipinski definition) is 2. The number of amides is 1. The molecule has 0 spiro atoms. The largest absolute Gasteiger partial charge is 0.467 e. The van der Waals surface area contributed by atoms with Gasteiger partial charge in [0.25, 0.3) is 0 Å². The normalized spacial score (nSPS) is 13.4. The van der Waals surface area contributed by atoms with Crippen LogP contribution in [-0.4, -0.2) is 37.6 Å². The molecule has 0 fully saturated rings. The summed E-state index contributed by atoms with van der Waals surface area (Å²) in [7, 11) is 3.01. The van der Waals surface area contributed by atoms with E-state index in [9.17, 15) is 9.59 Å². The Morgan fingerprint density at radius 2 is 1.75 bits per heavy atom. The first-order valence-electron chi connectivity index (χ1n) is 5.34. The first-order chi connectivity index (χ1) is 7.26. The van der Waals surface area contributed by atoms with Crippen LogP contribution in [0.25, 0.3) is 0 Å². The number of carbonyl (C=O) groups is 2. The van der Waals surface area contributed by atoms with E-state index in [1.54, 1.807) is 20.9 Å². The Hall–Kier alpha value is -1.10. The smallest absolute Gasteiger partial charge is 0.328 e. The number of carbonyl (C=O) groups excluding carboxylic acids is 2. The second-order valence-electron chi connectivity index (χ2n) is 4.59. The zero-order chi connectivity index (χ0) is 12.9. The van der Waals surface area contributed by atoms with E-state index >= 15 is 0 Å². The van der Waals surface area contributed by atoms with E-state index in [4.69, 9.17) is 0 Å². The van der Waals surface area contributed by atoms with Crippen LogP contribution in [-0.2, 0) is 14.3 Å². The molecule has 5 heteroatoms. The molecule has 0 saturated carbocycles. The second kappa shape index (κ2) is 5.84. The number of likely N-dealkylation sites (N-methyl/N-ethyl adjacent to an activating group) is 1. The van der Waals surface area contributed by atoms with Crippen LogP contribution in [0.15, 0.2) is 0 Å². The van der Waals surface area contributed by atoms with Gasteiger partial charge in [-0.25, -0.2) is 4.79 Å². The number of rotatable bonds is 5. The zero-order valence-corrected chi connectivity index (χ0v) is 10.9. The van der Waals surface area contributed by atoms with Crippen molar-refractivity contribution in [1.29, 1.82) is 0 Å². The summed E-state index contributed by atoms with van der Waals surface area (Å²) < 4.78 is 4.65. The van der Waals surface area contributed by atoms with Gasteiger partial charge in [-0.15, -0.1) is 0 Å². The summed E-state index contributed by atoms with van der Waals surface area (Å²) in [4.78, 5) is 23.3. The van der Waals surface area contributed by atoms with E-state index in [-0.39, 0.29) is 11.8 Å². The minimum absolute atomic E-state index is 0.0101. The number of esters is 1. The highest BCUT2D eigenvalue weighted by molar-refractivity contribution is 5.90. The third kappa shape index (κ3) is 3.81. The van der Waals surface area contributed by atoms with E-state index in [0.717, 1.165) is 0 Å². The highest BCUT2D eigenvalue weighted by Gasteiger charge is 2.31. The lowest BCUT2D eigenvalue weighted by molar-refractivity contribution is -0.147. The van der Waals surface area contributed by atoms with E-state index in [2.05, 4.69) is 15.4 Å². The lowest BCUT2D eigenvalue weighted by Crippen LogP contribution is -2.56. The highest BCUT2D eigenvalue weighted by Crippen LogP contribution is 2.07. The van der Waals surface area contributed by atoms with Gasteiger partial charge >= 0.3 is 5.97 Å². The molecule has 0 saturated heterocycles. The van der Waals surface area contributed by atoms with Crippen molar-refractivity contribution in [3.05, 3.63) is 0 Å². The minimum atomic E-state index is -0.707. The third-order valence-electron chi connectivity index (χ3n) is 2.60. The Morgan fingerprint density at radius 3 is 2.06 bits per heavy atom. The topological polar surface area (TPSA) is 67.4 Å². The second-order valence-corrected chi connectivity index (χ2v) is 4.59. The van der Waals surface area contributed by atoms with Crippen molar-refractivity contribution in [2.24, 2.45) is 5.92 Å². The molecule has 2 N–H and O–H groups in total. The van der Waals surface area contributed by atoms with Gasteiger partial charge < -0.3 is 15.4 Å². The SMILES string of the molecule is CNC(C)(C)C(=O)N[C@H](C(=O)OC)C(C)C. The molecular formula is C11H22N2O3. The fraction of sp³-hybridized carbons (Fsp3) is 0.818. The molecule has 1 atom stereocenters. The lowest BCUT2D eigenvalue weighted by atomic mass is 10.0. The van der Waals surface area contributed by atoms with Gasteiger partial charge in [-0.1, -0.05) is 13.8 Å². The van der Waals surface area contributed by atoms with Gasteiger partial charge in [-0.05, 0) is 26.8 Å². The maximum Gasteiger partial charge on any atom is 0.328 e. The Morgan fingerprint density at radius 1 is 1.25 bits per heavy atom. The summed E-state index contributed by atoms with van der Waals surface area (Å²) >= 11 is 0. The van der Waals surface area contributed by atoms with Crippen molar-refractivity contribution in [3.8, 4) is 0 Å². The number of hydrogen-bond acceptors (Lipinski definition) is 4. The Labute approximate surface area is 96.9 Å². The molecule has 0 aliphatic heterocycles. The first-order valence-corrected chi connectivity index (χ1v) is 5.34. The fourth-order valence-electron chi connectivity index (χ4n) is 1.06. The van der Waals surface area contributed by atoms with Crippen LogP contribution in [0, 0.1) is 5.92 Å². The van der Waals surface area contributed by atoms with Gasteiger partial charge in [0, 0.05) is 0 Å². The van der Waals surface area contributed by atoms with Gasteiger partial charge in [-0.3, -0.25) is 4.79 Å². The van der Waals surface area contributed by atoms with Crippen LogP contribution in [0.2, 0.25) is 0 Å². The third-order valence-corrected chi connectivity index (χ3v) is 2.60. The predicted molar refractivity (Wildman–Crippen MR) is 61.9 cm³/mol. The average Bonchev–Trinajstić information content (AvgIpc) is 2.23. The molecule has 0 aromatic carbocycles. The molecule has 0 bridgehead atoms. The van der Waals surface area contributed by atoms with Crippen molar-refractivity contribution in [2.45, 2.75) is 39.3 Å². The molecule has 0 rings (SSSR count). The molecule has 16 heavy (non-hydrogen) atoms. The molecule has 0 radical (unpaired) electrons. The van der Waals surface area contributed by atoms with Gasteiger partial charge in [-0.2, -0.15) is 0 Å². The molecular weight excluding hydrogens is 208 g/mol. The van der Waals surface area contributed by atoms with E-state index < -0.39 is 17.6 Å². The van der Waals surface area contributed by atoms with Crippen molar-refractivity contribution in [2.75, 3.05) is 14.2 Å². The molecule has 0 aromatic rings. The summed E-state index contributed by atoms with van der Waals surface area (Å²) in [5, 5.41) is 5.56. The molecule has 5 nitrogen and oxygen atoms in total. The molecule has 0 aromatic heterocycles. The quantitative estimate of drug-likeness (QED) is 0.667. The molecule has 94 valence electrons. The van der Waals surface area contributed by atoms with E-state index in [0.29, 0.717) is 0 Å². The Balaban J connectivity index is 4.65. The average molecular weight is 230 g/mol. The van der Waals surface area contributed by atoms with E-state index in [1.165, 1.54) is 7.11 Å². The van der Waals surface area contributed by atoms with Crippen LogP contribution in [0.5, 0.6) is 0 Å². The summed E-state index contributed by atoms with van der Waals surface area (Å²) in [5.41, 5.74) is -0.707. The minimum Gasteiger partial charge on any atom is -0.467 e. The van der Waals surface area contributed by atoms with Gasteiger partial charge in [0.2, 0.25) is 5.91 Å². The predicted octanol–water partition coefficient (Wildman–Crippen LogP) is 0.298. The van der Waals surface area contributed by atoms with Crippen molar-refractivity contribution in [3.63, 3.8) is 0 Å². The highest BCUT2D eigenvalue weighted by atomic mass is 16.5. The maximum absolute atomic E-state index is 11.8. The summed E-state index contributed by atoms with van der Waals surface area (Å²) in [6, 6.07) is -0.606. The lowest BCUT2D eigenvalue weighted by Gasteiger charge is -2.27. The Bertz CT molecular complexity index is 262. The molecule has 1 amide bonds. The molecule has 0 heterocycles. The van der Waals surface area contributed by atoms with E-state index in [1.807, 2.05) is 13.8 Å². The van der Waals surface area contributed by atoms with Crippen LogP contribution in [0.3, 0.4) is 0 Å². The van der Waals surface area contributed by atoms with Crippen LogP contribution >= 0.6 is 0 Å². The maximum atomic E-state index is 11.8. The monoisotopic (exact) mass is 230 g/mol. The summed E-state index contributed by atoms with van der Waals surface area (Å²) in [6.07, 6.45) is 0. The number of methoxy groups -OCH3 is 1. The zero-order valence-electron chi connectivity index (χ0n) is 10.9. The van der Waals surface area contributed by atoms with Crippen LogP contribution in [0.4, 0.5) is 0 Å². The first kappa shape index (κ1) is 14.9. The van der Waals surface area contributed by atoms with Crippen molar-refractivity contribution in [1.82, 2.24) is 10.6 Å². The molecule has 0 aliphatic rings. The Kier molecular flexibility index (Phi) is 5.44. The van der Waals surface area contributed by atoms with Crippen LogP contribution in [0.1, 0.15) is 27.7 Å². The van der Waals surface area contributed by atoms with Crippen molar-refractivity contribution >= 4 is 11.9 Å². The van der Waals surface area contributed by atoms with Crippen LogP contribution < -0.4 is 10.6 Å². The summed E-state index contributed by atoms with van der Waals surface area (Å²) in [5.74, 6) is -0.654. The number of ether oxygens (including phenoxy) is 1. The molecule has 0 aliphatic carbocycles. The van der Waals surface area contributed by atoms with Gasteiger partial charge in [0.1, 0.15) is 6.04 Å². The van der Waals surface area contributed by atoms with Gasteiger partial charge in [0.05, 0.1) is 12.6 Å².